The van der Waals surface area contributed by atoms with E-state index in [-0.39, 0.29) is 17.2 Å². The van der Waals surface area contributed by atoms with Crippen LogP contribution < -0.4 is 5.32 Å². The van der Waals surface area contributed by atoms with Crippen molar-refractivity contribution in [3.63, 3.8) is 0 Å². The number of aromatic amines is 1. The first kappa shape index (κ1) is 22.1. The van der Waals surface area contributed by atoms with E-state index in [1.165, 1.54) is 11.3 Å². The molecule has 34 heavy (non-hydrogen) atoms. The summed E-state index contributed by atoms with van der Waals surface area (Å²) in [7, 11) is 1.96. The van der Waals surface area contributed by atoms with E-state index in [9.17, 15) is 9.59 Å². The summed E-state index contributed by atoms with van der Waals surface area (Å²) in [6, 6.07) is 1.44. The van der Waals surface area contributed by atoms with E-state index < -0.39 is 11.9 Å². The predicted molar refractivity (Wildman–Crippen MR) is 125 cm³/mol. The molecule has 1 atom stereocenters. The fourth-order valence-corrected chi connectivity index (χ4v) is 4.83. The molecule has 1 aliphatic carbocycles. The highest BCUT2D eigenvalue weighted by Crippen LogP contribution is 2.38. The fraction of sp³-hybridized carbons (Fsp3) is 0.500. The van der Waals surface area contributed by atoms with Crippen LogP contribution in [0.5, 0.6) is 0 Å². The number of rotatable bonds is 4. The van der Waals surface area contributed by atoms with Gasteiger partial charge in [-0.3, -0.25) is 14.3 Å². The van der Waals surface area contributed by atoms with Crippen molar-refractivity contribution in [1.82, 2.24) is 34.9 Å². The highest BCUT2D eigenvalue weighted by Gasteiger charge is 2.34. The minimum atomic E-state index is -0.709. The van der Waals surface area contributed by atoms with Crippen LogP contribution in [0.25, 0.3) is 22.6 Å². The van der Waals surface area contributed by atoms with Gasteiger partial charge < -0.3 is 15.2 Å². The number of likely N-dealkylation sites (tertiary alicyclic amines) is 1. The van der Waals surface area contributed by atoms with Gasteiger partial charge in [-0.2, -0.15) is 10.4 Å². The van der Waals surface area contributed by atoms with Crippen LogP contribution >= 0.6 is 0 Å². The van der Waals surface area contributed by atoms with Gasteiger partial charge in [-0.15, -0.1) is 0 Å². The van der Waals surface area contributed by atoms with Crippen molar-refractivity contribution >= 4 is 23.0 Å². The van der Waals surface area contributed by atoms with Gasteiger partial charge in [0, 0.05) is 37.6 Å². The molecule has 5 rings (SSSR count). The van der Waals surface area contributed by atoms with Crippen LogP contribution in [0.15, 0.2) is 12.4 Å². The monoisotopic (exact) mass is 460 g/mol. The average Bonchev–Trinajstić information content (AvgIpc) is 3.32. The molecular formula is C24H28N8O2. The Bertz CT molecular complexity index is 1340. The summed E-state index contributed by atoms with van der Waals surface area (Å²) in [6.07, 6.45) is 6.20. The van der Waals surface area contributed by atoms with Gasteiger partial charge in [-0.1, -0.05) is 13.8 Å². The number of nitrogens with one attached hydrogen (secondary N) is 2. The van der Waals surface area contributed by atoms with Gasteiger partial charge in [0.05, 0.1) is 23.7 Å². The van der Waals surface area contributed by atoms with E-state index in [4.69, 9.17) is 15.3 Å². The number of amides is 2. The SMILES string of the molecule is CC(NC(=O)c1c[nH]c2ncc(-c3nn(C)c4c3CCC(C)(C)C4)nc12)C(=O)N1CC(C#N)C1. The molecule has 1 fully saturated rings. The number of carbonyl (C=O) groups is 2. The molecule has 0 aromatic carbocycles. The molecule has 10 heteroatoms. The van der Waals surface area contributed by atoms with E-state index in [0.717, 1.165) is 25.0 Å². The van der Waals surface area contributed by atoms with Crippen molar-refractivity contribution in [2.24, 2.45) is 18.4 Å². The van der Waals surface area contributed by atoms with E-state index in [2.05, 4.69) is 35.2 Å². The lowest BCUT2D eigenvalue weighted by molar-refractivity contribution is -0.137. The molecular weight excluding hydrogens is 432 g/mol. The number of carbonyl (C=O) groups excluding carboxylic acids is 2. The van der Waals surface area contributed by atoms with Crippen molar-refractivity contribution in [3.8, 4) is 17.5 Å². The lowest BCUT2D eigenvalue weighted by atomic mass is 9.76. The Morgan fingerprint density at radius 1 is 1.35 bits per heavy atom. The molecule has 1 aliphatic heterocycles. The molecule has 0 radical (unpaired) electrons. The maximum absolute atomic E-state index is 13.0. The Morgan fingerprint density at radius 2 is 2.12 bits per heavy atom. The second kappa shape index (κ2) is 7.94. The molecule has 0 spiro atoms. The van der Waals surface area contributed by atoms with Crippen LogP contribution in [-0.4, -0.2) is 60.6 Å². The van der Waals surface area contributed by atoms with Gasteiger partial charge in [-0.25, -0.2) is 9.97 Å². The van der Waals surface area contributed by atoms with Crippen molar-refractivity contribution in [1.29, 1.82) is 5.26 Å². The smallest absolute Gasteiger partial charge is 0.255 e. The van der Waals surface area contributed by atoms with Crippen molar-refractivity contribution in [2.45, 2.75) is 46.1 Å². The maximum Gasteiger partial charge on any atom is 0.255 e. The number of hydrogen-bond donors (Lipinski definition) is 2. The standard InChI is InChI=1S/C24H28N8O2/c1-13(23(34)32-11-14(8-25)12-32)28-22(33)16-9-26-21-20(16)29-17(10-27-21)19-15-5-6-24(2,3)7-18(15)31(4)30-19/h9-10,13-14H,5-7,11-12H2,1-4H3,(H,26,27)(H,28,33). The third kappa shape index (κ3) is 3.71. The number of fused-ring (bicyclic) bond motifs is 2. The van der Waals surface area contributed by atoms with Crippen LogP contribution in [0.1, 0.15) is 48.8 Å². The Kier molecular flexibility index (Phi) is 5.15. The zero-order valence-electron chi connectivity index (χ0n) is 19.8. The fourth-order valence-electron chi connectivity index (χ4n) is 4.83. The summed E-state index contributed by atoms with van der Waals surface area (Å²) in [4.78, 5) is 39.3. The number of H-pyrrole nitrogens is 1. The van der Waals surface area contributed by atoms with E-state index in [1.54, 1.807) is 24.2 Å². The maximum atomic E-state index is 13.0. The third-order valence-corrected chi connectivity index (χ3v) is 6.93. The predicted octanol–water partition coefficient (Wildman–Crippen LogP) is 1.97. The largest absolute Gasteiger partial charge is 0.344 e. The highest BCUT2D eigenvalue weighted by atomic mass is 16.2. The molecule has 3 aromatic heterocycles. The first-order chi connectivity index (χ1) is 16.2. The van der Waals surface area contributed by atoms with Gasteiger partial charge in [0.1, 0.15) is 22.9 Å². The molecule has 176 valence electrons. The third-order valence-electron chi connectivity index (χ3n) is 6.93. The lowest BCUT2D eigenvalue weighted by Crippen LogP contribution is -2.55. The summed E-state index contributed by atoms with van der Waals surface area (Å²) in [5, 5.41) is 16.4. The highest BCUT2D eigenvalue weighted by molar-refractivity contribution is 6.06. The van der Waals surface area contributed by atoms with E-state index in [0.29, 0.717) is 35.5 Å². The molecule has 0 bridgehead atoms. The topological polar surface area (TPSA) is 133 Å². The zero-order valence-corrected chi connectivity index (χ0v) is 19.8. The number of aromatic nitrogens is 5. The number of hydrogen-bond acceptors (Lipinski definition) is 6. The van der Waals surface area contributed by atoms with E-state index in [1.807, 2.05) is 11.7 Å². The Labute approximate surface area is 197 Å². The summed E-state index contributed by atoms with van der Waals surface area (Å²) < 4.78 is 1.93. The molecule has 3 aromatic rings. The van der Waals surface area contributed by atoms with Gasteiger partial charge in [0.15, 0.2) is 5.65 Å². The van der Waals surface area contributed by atoms with Gasteiger partial charge in [0.25, 0.3) is 5.91 Å². The van der Waals surface area contributed by atoms with Crippen LogP contribution in [0.4, 0.5) is 0 Å². The second-order valence-electron chi connectivity index (χ2n) is 10.2. The lowest BCUT2D eigenvalue weighted by Gasteiger charge is -2.37. The van der Waals surface area contributed by atoms with Crippen molar-refractivity contribution in [3.05, 3.63) is 29.2 Å². The van der Waals surface area contributed by atoms with Gasteiger partial charge >= 0.3 is 0 Å². The van der Waals surface area contributed by atoms with Crippen LogP contribution in [0, 0.1) is 22.7 Å². The van der Waals surface area contributed by atoms with E-state index >= 15 is 0 Å². The number of nitrogens with zero attached hydrogens (tertiary/aromatic N) is 6. The van der Waals surface area contributed by atoms with Gasteiger partial charge in [0.2, 0.25) is 5.91 Å². The van der Waals surface area contributed by atoms with Crippen LogP contribution in [0.2, 0.25) is 0 Å². The second-order valence-corrected chi connectivity index (χ2v) is 10.2. The molecule has 1 saturated heterocycles. The number of aryl methyl sites for hydroxylation is 1. The van der Waals surface area contributed by atoms with Crippen molar-refractivity contribution < 1.29 is 9.59 Å². The first-order valence-electron chi connectivity index (χ1n) is 11.6. The molecule has 1 unspecified atom stereocenters. The molecule has 2 aliphatic rings. The van der Waals surface area contributed by atoms with Gasteiger partial charge in [-0.05, 0) is 31.6 Å². The molecule has 10 nitrogen and oxygen atoms in total. The minimum Gasteiger partial charge on any atom is -0.344 e. The van der Waals surface area contributed by atoms with Crippen molar-refractivity contribution in [2.75, 3.05) is 13.1 Å². The Morgan fingerprint density at radius 3 is 2.85 bits per heavy atom. The Hall–Kier alpha value is -3.74. The molecule has 4 heterocycles. The van der Waals surface area contributed by atoms with Crippen LogP contribution in [0.3, 0.4) is 0 Å². The Balaban J connectivity index is 1.40. The minimum absolute atomic E-state index is 0.127. The summed E-state index contributed by atoms with van der Waals surface area (Å²) >= 11 is 0. The summed E-state index contributed by atoms with van der Waals surface area (Å²) in [5.74, 6) is -0.729. The quantitative estimate of drug-likeness (QED) is 0.612. The first-order valence-corrected chi connectivity index (χ1v) is 11.6. The molecule has 2 amide bonds. The number of nitriles is 1. The molecule has 2 N–H and O–H groups in total. The summed E-state index contributed by atoms with van der Waals surface area (Å²) in [6.45, 7) is 7.00. The molecule has 0 saturated carbocycles. The van der Waals surface area contributed by atoms with Crippen LogP contribution in [-0.2, 0) is 24.7 Å². The normalized spacial score (nSPS) is 18.1. The average molecular weight is 461 g/mol. The summed E-state index contributed by atoms with van der Waals surface area (Å²) in [5.41, 5.74) is 5.36. The zero-order chi connectivity index (χ0) is 24.2.